The maximum Gasteiger partial charge on any atom is 0.337 e. The summed E-state index contributed by atoms with van der Waals surface area (Å²) in [6, 6.07) is 11.9. The summed E-state index contributed by atoms with van der Waals surface area (Å²) < 4.78 is 23.5. The average molecular weight is 446 g/mol. The van der Waals surface area contributed by atoms with Crippen molar-refractivity contribution in [1.29, 1.82) is 0 Å². The van der Waals surface area contributed by atoms with Crippen LogP contribution in [0.3, 0.4) is 0 Å². The molecule has 30 heavy (non-hydrogen) atoms. The lowest BCUT2D eigenvalue weighted by molar-refractivity contribution is 0.0698. The van der Waals surface area contributed by atoms with Gasteiger partial charge < -0.3 is 15.7 Å². The van der Waals surface area contributed by atoms with Crippen molar-refractivity contribution >= 4 is 55.4 Å². The fourth-order valence-electron chi connectivity index (χ4n) is 3.58. The average Bonchev–Trinajstić information content (AvgIpc) is 2.71. The van der Waals surface area contributed by atoms with Crippen molar-refractivity contribution in [3.8, 4) is 0 Å². The molecule has 0 radical (unpaired) electrons. The van der Waals surface area contributed by atoms with E-state index in [4.69, 9.17) is 11.6 Å². The summed E-state index contributed by atoms with van der Waals surface area (Å²) in [5.74, 6) is -0.758. The molecule has 3 aromatic rings. The highest BCUT2D eigenvalue weighted by molar-refractivity contribution is 7.91. The summed E-state index contributed by atoms with van der Waals surface area (Å²) in [6.07, 6.45) is 2.67. The molecule has 2 heterocycles. The third kappa shape index (κ3) is 4.34. The first kappa shape index (κ1) is 20.4. The molecule has 0 bridgehead atoms. The van der Waals surface area contributed by atoms with E-state index in [9.17, 15) is 18.3 Å². The van der Waals surface area contributed by atoms with E-state index in [0.29, 0.717) is 40.4 Å². The third-order valence-corrected chi connectivity index (χ3v) is 7.11. The largest absolute Gasteiger partial charge is 0.478 e. The van der Waals surface area contributed by atoms with E-state index in [1.807, 2.05) is 0 Å². The molecule has 1 fully saturated rings. The number of nitrogens with zero attached hydrogens (tertiary/aromatic N) is 1. The highest BCUT2D eigenvalue weighted by Gasteiger charge is 2.24. The zero-order valence-corrected chi connectivity index (χ0v) is 17.5. The van der Waals surface area contributed by atoms with Gasteiger partial charge in [0.2, 0.25) is 0 Å². The van der Waals surface area contributed by atoms with Crippen LogP contribution in [0.25, 0.3) is 10.9 Å². The molecule has 1 aliphatic heterocycles. The van der Waals surface area contributed by atoms with Gasteiger partial charge in [-0.05, 0) is 43.2 Å². The lowest BCUT2D eigenvalue weighted by atomic mass is 10.1. The molecule has 0 aliphatic carbocycles. The molecule has 7 nitrogen and oxygen atoms in total. The molecule has 1 aliphatic rings. The van der Waals surface area contributed by atoms with Gasteiger partial charge in [-0.25, -0.2) is 13.2 Å². The van der Waals surface area contributed by atoms with Gasteiger partial charge in [-0.1, -0.05) is 23.7 Å². The van der Waals surface area contributed by atoms with Crippen LogP contribution in [0, 0.1) is 0 Å². The van der Waals surface area contributed by atoms with Crippen molar-refractivity contribution in [3.05, 3.63) is 59.2 Å². The summed E-state index contributed by atoms with van der Waals surface area (Å²) in [4.78, 5) is 16.1. The van der Waals surface area contributed by atoms with Crippen LogP contribution >= 0.6 is 11.6 Å². The Bertz CT molecular complexity index is 1220. The molecule has 2 aromatic carbocycles. The first-order valence-corrected chi connectivity index (χ1v) is 11.7. The molecule has 0 unspecified atom stereocenters. The lowest BCUT2D eigenvalue weighted by Crippen LogP contribution is -2.32. The summed E-state index contributed by atoms with van der Waals surface area (Å²) in [6.45, 7) is 0. The number of hydrogen-bond donors (Lipinski definition) is 3. The number of carbonyl (C=O) groups is 1. The number of benzene rings is 2. The first-order valence-electron chi connectivity index (χ1n) is 9.47. The number of anilines is 3. The number of carboxylic acids is 1. The predicted molar refractivity (Wildman–Crippen MR) is 119 cm³/mol. The highest BCUT2D eigenvalue weighted by Crippen LogP contribution is 2.36. The van der Waals surface area contributed by atoms with Gasteiger partial charge in [0.25, 0.3) is 0 Å². The van der Waals surface area contributed by atoms with Crippen LogP contribution in [0.2, 0.25) is 5.02 Å². The quantitative estimate of drug-likeness (QED) is 0.536. The van der Waals surface area contributed by atoms with Crippen LogP contribution in [0.4, 0.5) is 17.1 Å². The number of hydrogen-bond acceptors (Lipinski definition) is 6. The third-order valence-electron chi connectivity index (χ3n) is 5.16. The van der Waals surface area contributed by atoms with Crippen LogP contribution < -0.4 is 10.6 Å². The van der Waals surface area contributed by atoms with E-state index in [0.717, 1.165) is 5.39 Å². The number of carboxylic acid groups (broad SMARTS) is 1. The van der Waals surface area contributed by atoms with E-state index < -0.39 is 15.8 Å². The van der Waals surface area contributed by atoms with E-state index in [1.54, 1.807) is 42.6 Å². The van der Waals surface area contributed by atoms with Gasteiger partial charge in [0, 0.05) is 16.5 Å². The van der Waals surface area contributed by atoms with Crippen molar-refractivity contribution in [3.63, 3.8) is 0 Å². The first-order chi connectivity index (χ1) is 14.3. The van der Waals surface area contributed by atoms with Crippen molar-refractivity contribution in [1.82, 2.24) is 4.98 Å². The topological polar surface area (TPSA) is 108 Å². The maximum absolute atomic E-state index is 11.7. The number of nitrogens with one attached hydrogen (secondary N) is 2. The minimum Gasteiger partial charge on any atom is -0.478 e. The van der Waals surface area contributed by atoms with Gasteiger partial charge in [0.15, 0.2) is 0 Å². The monoisotopic (exact) mass is 445 g/mol. The van der Waals surface area contributed by atoms with Crippen molar-refractivity contribution in [2.45, 2.75) is 18.9 Å². The van der Waals surface area contributed by atoms with Crippen LogP contribution in [0.15, 0.2) is 48.7 Å². The van der Waals surface area contributed by atoms with Gasteiger partial charge >= 0.3 is 5.97 Å². The van der Waals surface area contributed by atoms with Gasteiger partial charge in [-0.2, -0.15) is 0 Å². The standard InChI is InChI=1S/C21H20ClN3O4S/c22-13-5-6-17-16(11-13)20(25-18-4-2-1-3-15(18)21(26)27)19(12-23-17)24-14-7-9-30(28,29)10-8-14/h1-6,11-12,14,24H,7-10H2,(H,23,25)(H,26,27). The Balaban J connectivity index is 1.76. The number of pyridine rings is 1. The molecule has 156 valence electrons. The van der Waals surface area contributed by atoms with E-state index in [2.05, 4.69) is 15.6 Å². The van der Waals surface area contributed by atoms with Crippen molar-refractivity contribution < 1.29 is 18.3 Å². The van der Waals surface area contributed by atoms with Crippen LogP contribution in [0.1, 0.15) is 23.2 Å². The van der Waals surface area contributed by atoms with Crippen LogP contribution in [-0.2, 0) is 9.84 Å². The summed E-state index contributed by atoms with van der Waals surface area (Å²) in [5, 5.41) is 17.4. The fourth-order valence-corrected chi connectivity index (χ4v) is 5.24. The number of fused-ring (bicyclic) bond motifs is 1. The number of halogens is 1. The Hall–Kier alpha value is -2.84. The molecule has 1 aromatic heterocycles. The maximum atomic E-state index is 11.7. The Kier molecular flexibility index (Phi) is 5.53. The molecular weight excluding hydrogens is 426 g/mol. The predicted octanol–water partition coefficient (Wildman–Crippen LogP) is 4.32. The van der Waals surface area contributed by atoms with E-state index in [1.165, 1.54) is 6.07 Å². The van der Waals surface area contributed by atoms with E-state index in [-0.39, 0.29) is 23.1 Å². The normalized spacial score (nSPS) is 16.3. The summed E-state index contributed by atoms with van der Waals surface area (Å²) >= 11 is 6.21. The molecule has 9 heteroatoms. The summed E-state index contributed by atoms with van der Waals surface area (Å²) in [7, 11) is -2.98. The Morgan fingerprint density at radius 2 is 1.83 bits per heavy atom. The minimum atomic E-state index is -2.98. The summed E-state index contributed by atoms with van der Waals surface area (Å²) in [5.41, 5.74) is 2.58. The van der Waals surface area contributed by atoms with Crippen LogP contribution in [-0.4, -0.2) is 42.0 Å². The molecular formula is C21H20ClN3O4S. The second kappa shape index (κ2) is 8.12. The Morgan fingerprint density at radius 1 is 1.10 bits per heavy atom. The molecule has 0 spiro atoms. The van der Waals surface area contributed by atoms with Gasteiger partial charge in [-0.3, -0.25) is 4.98 Å². The molecule has 0 saturated carbocycles. The highest BCUT2D eigenvalue weighted by atomic mass is 35.5. The number of sulfone groups is 1. The Labute approximate surface area is 179 Å². The Morgan fingerprint density at radius 3 is 2.57 bits per heavy atom. The smallest absolute Gasteiger partial charge is 0.337 e. The molecule has 0 atom stereocenters. The van der Waals surface area contributed by atoms with Gasteiger partial charge in [-0.15, -0.1) is 0 Å². The van der Waals surface area contributed by atoms with E-state index >= 15 is 0 Å². The minimum absolute atomic E-state index is 0.0257. The SMILES string of the molecule is O=C(O)c1ccccc1Nc1c(NC2CCS(=O)(=O)CC2)cnc2ccc(Cl)cc12. The van der Waals surface area contributed by atoms with Crippen molar-refractivity contribution in [2.24, 2.45) is 0 Å². The number of aromatic carboxylic acids is 1. The molecule has 4 rings (SSSR count). The molecule has 0 amide bonds. The number of para-hydroxylation sites is 1. The second-order valence-corrected chi connectivity index (χ2v) is 9.99. The lowest BCUT2D eigenvalue weighted by Gasteiger charge is -2.26. The second-order valence-electron chi connectivity index (χ2n) is 7.25. The fraction of sp³-hybridized carbons (Fsp3) is 0.238. The molecule has 1 saturated heterocycles. The molecule has 3 N–H and O–H groups in total. The zero-order chi connectivity index (χ0) is 21.3. The zero-order valence-electron chi connectivity index (χ0n) is 15.9. The number of aromatic nitrogens is 1. The van der Waals surface area contributed by atoms with Crippen molar-refractivity contribution in [2.75, 3.05) is 22.1 Å². The number of rotatable bonds is 5. The van der Waals surface area contributed by atoms with Gasteiger partial charge in [0.1, 0.15) is 9.84 Å². The van der Waals surface area contributed by atoms with Crippen LogP contribution in [0.5, 0.6) is 0 Å². The van der Waals surface area contributed by atoms with Gasteiger partial charge in [0.05, 0.1) is 45.8 Å².